The first-order valence-electron chi connectivity index (χ1n) is 7.46. The summed E-state index contributed by atoms with van der Waals surface area (Å²) in [7, 11) is 0. The highest BCUT2D eigenvalue weighted by molar-refractivity contribution is 7.09. The predicted octanol–water partition coefficient (Wildman–Crippen LogP) is 0.261. The van der Waals surface area contributed by atoms with E-state index in [1.165, 1.54) is 5.38 Å². The molecular weight excluding hydrogens is 348 g/mol. The average molecular weight is 364 g/mol. The Morgan fingerprint density at radius 3 is 2.60 bits per heavy atom. The highest BCUT2D eigenvalue weighted by atomic mass is 32.1. The zero-order chi connectivity index (χ0) is 18.0. The molecule has 9 heteroatoms. The van der Waals surface area contributed by atoms with Crippen molar-refractivity contribution in [3.8, 4) is 0 Å². The van der Waals surface area contributed by atoms with E-state index in [0.717, 1.165) is 11.3 Å². The van der Waals surface area contributed by atoms with E-state index < -0.39 is 36.3 Å². The van der Waals surface area contributed by atoms with Crippen molar-refractivity contribution in [2.75, 3.05) is 6.61 Å². The van der Waals surface area contributed by atoms with E-state index in [-0.39, 0.29) is 12.3 Å². The van der Waals surface area contributed by atoms with Gasteiger partial charge in [0.15, 0.2) is 0 Å². The largest absolute Gasteiger partial charge is 0.459 e. The fourth-order valence-corrected chi connectivity index (χ4v) is 3.32. The molecule has 1 aromatic carbocycles. The van der Waals surface area contributed by atoms with E-state index in [1.54, 1.807) is 30.3 Å². The Morgan fingerprint density at radius 1 is 1.24 bits per heavy atom. The predicted molar refractivity (Wildman–Crippen MR) is 87.0 cm³/mol. The molecule has 0 spiro atoms. The number of rotatable bonds is 5. The third-order valence-corrected chi connectivity index (χ3v) is 4.67. The molecule has 4 N–H and O–H groups in total. The molecule has 8 nitrogen and oxygen atoms in total. The summed E-state index contributed by atoms with van der Waals surface area (Å²) in [5.41, 5.74) is 5.58. The molecule has 1 fully saturated rings. The number of aliphatic hydroxyl groups excluding tert-OH is 2. The summed E-state index contributed by atoms with van der Waals surface area (Å²) in [5.74, 6) is -1.25. The van der Waals surface area contributed by atoms with E-state index >= 15 is 0 Å². The van der Waals surface area contributed by atoms with Crippen molar-refractivity contribution in [2.45, 2.75) is 24.4 Å². The van der Waals surface area contributed by atoms with Gasteiger partial charge in [-0.25, -0.2) is 9.78 Å². The topological polar surface area (TPSA) is 132 Å². The van der Waals surface area contributed by atoms with Gasteiger partial charge in [-0.15, -0.1) is 11.3 Å². The van der Waals surface area contributed by atoms with E-state index in [4.69, 9.17) is 15.2 Å². The SMILES string of the molecule is NC(=O)c1csc([C@@H]2O[C@H](COC(=O)c3ccccc3)[C@@H](O)[C@H]2O)n1. The van der Waals surface area contributed by atoms with Crippen LogP contribution in [-0.4, -0.2) is 52.0 Å². The van der Waals surface area contributed by atoms with Crippen LogP contribution < -0.4 is 5.73 Å². The number of nitrogens with two attached hydrogens (primary N) is 1. The maximum Gasteiger partial charge on any atom is 0.338 e. The van der Waals surface area contributed by atoms with Crippen LogP contribution in [0, 0.1) is 0 Å². The van der Waals surface area contributed by atoms with Gasteiger partial charge in [-0.1, -0.05) is 18.2 Å². The molecular formula is C16H16N2O6S. The molecule has 4 atom stereocenters. The molecule has 1 amide bonds. The lowest BCUT2D eigenvalue weighted by Gasteiger charge is -2.14. The molecule has 132 valence electrons. The summed E-state index contributed by atoms with van der Waals surface area (Å²) in [6.07, 6.45) is -4.34. The zero-order valence-corrected chi connectivity index (χ0v) is 13.8. The number of esters is 1. The Kier molecular flexibility index (Phi) is 5.09. The van der Waals surface area contributed by atoms with Gasteiger partial charge in [0.25, 0.3) is 5.91 Å². The Balaban J connectivity index is 1.63. The smallest absolute Gasteiger partial charge is 0.338 e. The van der Waals surface area contributed by atoms with Crippen molar-refractivity contribution in [3.05, 3.63) is 52.0 Å². The van der Waals surface area contributed by atoms with Crippen LogP contribution in [0.15, 0.2) is 35.7 Å². The van der Waals surface area contributed by atoms with Gasteiger partial charge in [-0.2, -0.15) is 0 Å². The fourth-order valence-electron chi connectivity index (χ4n) is 2.44. The number of ether oxygens (including phenoxy) is 2. The minimum atomic E-state index is -1.26. The lowest BCUT2D eigenvalue weighted by molar-refractivity contribution is -0.0342. The monoisotopic (exact) mass is 364 g/mol. The molecule has 0 aliphatic carbocycles. The number of aliphatic hydroxyl groups is 2. The van der Waals surface area contributed by atoms with Crippen molar-refractivity contribution in [3.63, 3.8) is 0 Å². The maximum absolute atomic E-state index is 11.9. The third kappa shape index (κ3) is 3.69. The Hall–Kier alpha value is -2.33. The molecule has 0 unspecified atom stereocenters. The minimum Gasteiger partial charge on any atom is -0.459 e. The number of amides is 1. The van der Waals surface area contributed by atoms with Gasteiger partial charge >= 0.3 is 5.97 Å². The first-order chi connectivity index (χ1) is 12.0. The van der Waals surface area contributed by atoms with Crippen LogP contribution in [0.3, 0.4) is 0 Å². The summed E-state index contributed by atoms with van der Waals surface area (Å²) in [6.45, 7) is -0.226. The number of aromatic nitrogens is 1. The van der Waals surface area contributed by atoms with Crippen LogP contribution >= 0.6 is 11.3 Å². The molecule has 2 heterocycles. The van der Waals surface area contributed by atoms with Gasteiger partial charge in [0.1, 0.15) is 41.7 Å². The molecule has 2 aromatic rings. The van der Waals surface area contributed by atoms with Crippen molar-refractivity contribution >= 4 is 23.2 Å². The number of carbonyl (C=O) groups is 2. The van der Waals surface area contributed by atoms with Crippen LogP contribution in [0.4, 0.5) is 0 Å². The minimum absolute atomic E-state index is 0.0595. The maximum atomic E-state index is 11.9. The van der Waals surface area contributed by atoms with Crippen LogP contribution in [0.1, 0.15) is 32.0 Å². The Morgan fingerprint density at radius 2 is 1.96 bits per heavy atom. The van der Waals surface area contributed by atoms with Crippen molar-refractivity contribution in [1.29, 1.82) is 0 Å². The number of nitrogens with zero attached hydrogens (tertiary/aromatic N) is 1. The molecule has 1 aliphatic rings. The van der Waals surface area contributed by atoms with E-state index in [0.29, 0.717) is 10.6 Å². The van der Waals surface area contributed by atoms with Crippen molar-refractivity contribution in [1.82, 2.24) is 4.98 Å². The number of carbonyl (C=O) groups excluding carboxylic acids is 2. The second-order valence-corrected chi connectivity index (χ2v) is 6.37. The molecule has 25 heavy (non-hydrogen) atoms. The van der Waals surface area contributed by atoms with E-state index in [1.807, 2.05) is 0 Å². The zero-order valence-electron chi connectivity index (χ0n) is 12.9. The van der Waals surface area contributed by atoms with Crippen molar-refractivity contribution in [2.24, 2.45) is 5.73 Å². The van der Waals surface area contributed by atoms with Crippen LogP contribution in [0.2, 0.25) is 0 Å². The number of primary amides is 1. The van der Waals surface area contributed by atoms with Crippen LogP contribution in [0.25, 0.3) is 0 Å². The Bertz CT molecular complexity index is 765. The number of thiazole rings is 1. The number of benzene rings is 1. The summed E-state index contributed by atoms with van der Waals surface area (Å²) in [4.78, 5) is 27.0. The first kappa shape index (κ1) is 17.5. The number of hydrogen-bond acceptors (Lipinski definition) is 8. The summed E-state index contributed by atoms with van der Waals surface area (Å²) < 4.78 is 10.7. The van der Waals surface area contributed by atoms with Gasteiger partial charge in [0, 0.05) is 5.38 Å². The highest BCUT2D eigenvalue weighted by Gasteiger charge is 2.45. The molecule has 0 bridgehead atoms. The third-order valence-electron chi connectivity index (χ3n) is 3.77. The van der Waals surface area contributed by atoms with Gasteiger partial charge in [0.2, 0.25) is 0 Å². The summed E-state index contributed by atoms with van der Waals surface area (Å²) in [6, 6.07) is 8.39. The molecule has 0 radical (unpaired) electrons. The van der Waals surface area contributed by atoms with E-state index in [9.17, 15) is 19.8 Å². The normalized spacial score (nSPS) is 25.7. The van der Waals surface area contributed by atoms with Gasteiger partial charge in [-0.3, -0.25) is 4.79 Å². The molecule has 1 saturated heterocycles. The quantitative estimate of drug-likeness (QED) is 0.648. The Labute approximate surface area is 146 Å². The average Bonchev–Trinajstić information content (AvgIpc) is 3.20. The summed E-state index contributed by atoms with van der Waals surface area (Å²) in [5, 5.41) is 22.0. The van der Waals surface area contributed by atoms with Gasteiger partial charge < -0.3 is 25.4 Å². The van der Waals surface area contributed by atoms with Gasteiger partial charge in [0.05, 0.1) is 5.56 Å². The summed E-state index contributed by atoms with van der Waals surface area (Å²) >= 11 is 1.09. The molecule has 0 saturated carbocycles. The first-order valence-corrected chi connectivity index (χ1v) is 8.34. The molecule has 3 rings (SSSR count). The van der Waals surface area contributed by atoms with Gasteiger partial charge in [-0.05, 0) is 12.1 Å². The number of hydrogen-bond donors (Lipinski definition) is 3. The second kappa shape index (κ2) is 7.28. The second-order valence-electron chi connectivity index (χ2n) is 5.48. The highest BCUT2D eigenvalue weighted by Crippen LogP contribution is 2.35. The van der Waals surface area contributed by atoms with Crippen molar-refractivity contribution < 1.29 is 29.3 Å². The van der Waals surface area contributed by atoms with Crippen LogP contribution in [0.5, 0.6) is 0 Å². The standard InChI is InChI=1S/C16H16N2O6S/c17-14(21)9-7-25-15(18-9)13-12(20)11(19)10(24-13)6-23-16(22)8-4-2-1-3-5-8/h1-5,7,10-13,19-20H,6H2,(H2,17,21)/t10-,11-,12-,13-/m1/s1. The lowest BCUT2D eigenvalue weighted by Crippen LogP contribution is -2.34. The van der Waals surface area contributed by atoms with Crippen LogP contribution in [-0.2, 0) is 9.47 Å². The molecule has 1 aliphatic heterocycles. The van der Waals surface area contributed by atoms with E-state index in [2.05, 4.69) is 4.98 Å². The lowest BCUT2D eigenvalue weighted by atomic mass is 10.1. The molecule has 1 aromatic heterocycles. The fraction of sp³-hybridized carbons (Fsp3) is 0.312.